The van der Waals surface area contributed by atoms with Gasteiger partial charge in [-0.3, -0.25) is 4.98 Å². The highest BCUT2D eigenvalue weighted by Crippen LogP contribution is 2.26. The second-order valence-electron chi connectivity index (χ2n) is 3.29. The molecule has 1 aromatic carbocycles. The fraction of sp³-hybridized carbons (Fsp3) is 0.0833. The number of nitrogens with zero attached hydrogens (tertiary/aromatic N) is 1. The fourth-order valence-corrected chi connectivity index (χ4v) is 1.85. The maximum Gasteiger partial charge on any atom is 0.123 e. The average molecular weight is 256 g/mol. The van der Waals surface area contributed by atoms with Gasteiger partial charge in [0.2, 0.25) is 0 Å². The van der Waals surface area contributed by atoms with Gasteiger partial charge in [-0.2, -0.15) is 0 Å². The zero-order valence-corrected chi connectivity index (χ0v) is 9.76. The lowest BCUT2D eigenvalue weighted by molar-refractivity contribution is 0.628. The Kier molecular flexibility index (Phi) is 3.42. The van der Waals surface area contributed by atoms with Crippen molar-refractivity contribution in [3.8, 4) is 11.1 Å². The molecule has 0 aliphatic carbocycles. The zero-order valence-electron chi connectivity index (χ0n) is 8.25. The van der Waals surface area contributed by atoms with Gasteiger partial charge in [-0.25, -0.2) is 4.39 Å². The predicted molar refractivity (Wildman–Crippen MR) is 64.2 cm³/mol. The van der Waals surface area contributed by atoms with Gasteiger partial charge in [0.25, 0.3) is 0 Å². The predicted octanol–water partition coefficient (Wildman–Crippen LogP) is 4.28. The van der Waals surface area contributed by atoms with Crippen molar-refractivity contribution in [2.75, 3.05) is 0 Å². The molecule has 0 aliphatic rings. The van der Waals surface area contributed by atoms with Gasteiger partial charge in [-0.1, -0.05) is 23.7 Å². The van der Waals surface area contributed by atoms with Crippen molar-refractivity contribution in [1.82, 2.24) is 4.98 Å². The number of aromatic nitrogens is 1. The van der Waals surface area contributed by atoms with E-state index in [2.05, 4.69) is 4.98 Å². The molecule has 1 aromatic heterocycles. The fourth-order valence-electron chi connectivity index (χ4n) is 1.48. The molecule has 82 valence electrons. The van der Waals surface area contributed by atoms with Crippen molar-refractivity contribution >= 4 is 23.2 Å². The first-order chi connectivity index (χ1) is 7.70. The van der Waals surface area contributed by atoms with E-state index >= 15 is 0 Å². The van der Waals surface area contributed by atoms with E-state index in [9.17, 15) is 4.39 Å². The van der Waals surface area contributed by atoms with Gasteiger partial charge in [-0.05, 0) is 23.8 Å². The Morgan fingerprint density at radius 2 is 2.06 bits per heavy atom. The molecule has 4 heteroatoms. The van der Waals surface area contributed by atoms with Gasteiger partial charge >= 0.3 is 0 Å². The standard InChI is InChI=1S/C12H8Cl2FN/c13-6-12-11(5-9(14)7-16-12)8-2-1-3-10(15)4-8/h1-5,7H,6H2. The molecule has 2 rings (SSSR count). The molecule has 0 fully saturated rings. The summed E-state index contributed by atoms with van der Waals surface area (Å²) < 4.78 is 13.1. The molecular formula is C12H8Cl2FN. The van der Waals surface area contributed by atoms with Crippen LogP contribution >= 0.6 is 23.2 Å². The summed E-state index contributed by atoms with van der Waals surface area (Å²) in [5.41, 5.74) is 2.18. The van der Waals surface area contributed by atoms with Crippen LogP contribution in [0.3, 0.4) is 0 Å². The highest BCUT2D eigenvalue weighted by molar-refractivity contribution is 6.30. The van der Waals surface area contributed by atoms with Crippen LogP contribution in [0, 0.1) is 5.82 Å². The van der Waals surface area contributed by atoms with E-state index in [-0.39, 0.29) is 11.7 Å². The van der Waals surface area contributed by atoms with Crippen molar-refractivity contribution in [1.29, 1.82) is 0 Å². The van der Waals surface area contributed by atoms with Crippen LogP contribution < -0.4 is 0 Å². The lowest BCUT2D eigenvalue weighted by Gasteiger charge is -2.07. The first-order valence-corrected chi connectivity index (χ1v) is 5.58. The average Bonchev–Trinajstić information content (AvgIpc) is 2.29. The molecule has 0 atom stereocenters. The van der Waals surface area contributed by atoms with Crippen molar-refractivity contribution < 1.29 is 4.39 Å². The van der Waals surface area contributed by atoms with Crippen LogP contribution in [0.1, 0.15) is 5.69 Å². The highest BCUT2D eigenvalue weighted by Gasteiger charge is 2.07. The molecule has 1 nitrogen and oxygen atoms in total. The maximum atomic E-state index is 13.1. The summed E-state index contributed by atoms with van der Waals surface area (Å²) in [5.74, 6) is -0.0266. The van der Waals surface area contributed by atoms with Crippen molar-refractivity contribution in [2.24, 2.45) is 0 Å². The van der Waals surface area contributed by atoms with Gasteiger partial charge in [0.1, 0.15) is 5.82 Å². The smallest absolute Gasteiger partial charge is 0.123 e. The summed E-state index contributed by atoms with van der Waals surface area (Å²) in [6.07, 6.45) is 1.53. The molecule has 1 heterocycles. The molecule has 0 radical (unpaired) electrons. The number of benzene rings is 1. The summed E-state index contributed by atoms with van der Waals surface area (Å²) in [5, 5.41) is 0.508. The van der Waals surface area contributed by atoms with Crippen LogP contribution in [-0.4, -0.2) is 4.98 Å². The summed E-state index contributed by atoms with van der Waals surface area (Å²) in [6.45, 7) is 0. The van der Waals surface area contributed by atoms with Crippen molar-refractivity contribution in [3.05, 3.63) is 53.1 Å². The zero-order chi connectivity index (χ0) is 11.5. The molecule has 0 aliphatic heterocycles. The van der Waals surface area contributed by atoms with Crippen LogP contribution in [0.15, 0.2) is 36.5 Å². The number of halogens is 3. The second-order valence-corrected chi connectivity index (χ2v) is 4.00. The number of hydrogen-bond acceptors (Lipinski definition) is 1. The first kappa shape index (κ1) is 11.4. The molecule has 0 bridgehead atoms. The van der Waals surface area contributed by atoms with Crippen molar-refractivity contribution in [2.45, 2.75) is 5.88 Å². The van der Waals surface area contributed by atoms with Gasteiger partial charge in [-0.15, -0.1) is 11.6 Å². The van der Waals surface area contributed by atoms with E-state index in [4.69, 9.17) is 23.2 Å². The third-order valence-electron chi connectivity index (χ3n) is 2.20. The molecule has 0 spiro atoms. The Balaban J connectivity index is 2.58. The SMILES string of the molecule is Fc1cccc(-c2cc(Cl)cnc2CCl)c1. The van der Waals surface area contributed by atoms with Gasteiger partial charge in [0.15, 0.2) is 0 Å². The Hall–Kier alpha value is -1.12. The summed E-state index contributed by atoms with van der Waals surface area (Å²) >= 11 is 11.6. The Morgan fingerprint density at radius 1 is 1.25 bits per heavy atom. The molecule has 0 saturated carbocycles. The number of rotatable bonds is 2. The molecular weight excluding hydrogens is 248 g/mol. The van der Waals surface area contributed by atoms with Crippen LogP contribution in [0.2, 0.25) is 5.02 Å². The molecule has 0 N–H and O–H groups in total. The lowest BCUT2D eigenvalue weighted by atomic mass is 10.0. The van der Waals surface area contributed by atoms with Crippen molar-refractivity contribution in [3.63, 3.8) is 0 Å². The summed E-state index contributed by atoms with van der Waals surface area (Å²) in [4.78, 5) is 4.12. The quantitative estimate of drug-likeness (QED) is 0.731. The molecule has 0 amide bonds. The summed E-state index contributed by atoms with van der Waals surface area (Å²) in [7, 11) is 0. The third kappa shape index (κ3) is 2.34. The number of alkyl halides is 1. The molecule has 16 heavy (non-hydrogen) atoms. The highest BCUT2D eigenvalue weighted by atomic mass is 35.5. The minimum Gasteiger partial charge on any atom is -0.258 e. The molecule has 0 unspecified atom stereocenters. The second kappa shape index (κ2) is 4.81. The number of hydrogen-bond donors (Lipinski definition) is 0. The van der Waals surface area contributed by atoms with E-state index < -0.39 is 0 Å². The van der Waals surface area contributed by atoms with E-state index in [1.54, 1.807) is 18.2 Å². The molecule has 2 aromatic rings. The maximum absolute atomic E-state index is 13.1. The monoisotopic (exact) mass is 255 g/mol. The molecule has 0 saturated heterocycles. The van der Waals surface area contributed by atoms with Gasteiger partial charge in [0, 0.05) is 11.8 Å². The Labute approximate surface area is 103 Å². The van der Waals surface area contributed by atoms with E-state index in [0.29, 0.717) is 10.7 Å². The van der Waals surface area contributed by atoms with Crippen LogP contribution in [0.5, 0.6) is 0 Å². The van der Waals surface area contributed by atoms with E-state index in [1.807, 2.05) is 0 Å². The van der Waals surface area contributed by atoms with Crippen LogP contribution in [0.25, 0.3) is 11.1 Å². The summed E-state index contributed by atoms with van der Waals surface area (Å²) in [6, 6.07) is 8.00. The minimum atomic E-state index is -0.294. The lowest BCUT2D eigenvalue weighted by Crippen LogP contribution is -1.91. The Bertz CT molecular complexity index is 514. The number of pyridine rings is 1. The third-order valence-corrected chi connectivity index (χ3v) is 2.66. The normalized spacial score (nSPS) is 10.4. The Morgan fingerprint density at radius 3 is 2.75 bits per heavy atom. The first-order valence-electron chi connectivity index (χ1n) is 4.67. The minimum absolute atomic E-state index is 0.267. The largest absolute Gasteiger partial charge is 0.258 e. The van der Waals surface area contributed by atoms with Crippen LogP contribution in [0.4, 0.5) is 4.39 Å². The van der Waals surface area contributed by atoms with E-state index in [0.717, 1.165) is 11.1 Å². The van der Waals surface area contributed by atoms with Gasteiger partial charge in [0.05, 0.1) is 16.6 Å². The van der Waals surface area contributed by atoms with E-state index in [1.165, 1.54) is 18.3 Å². The topological polar surface area (TPSA) is 12.9 Å². The van der Waals surface area contributed by atoms with Gasteiger partial charge < -0.3 is 0 Å². The van der Waals surface area contributed by atoms with Crippen LogP contribution in [-0.2, 0) is 5.88 Å².